The van der Waals surface area contributed by atoms with Gasteiger partial charge in [-0.25, -0.2) is 0 Å². The molecule has 0 bridgehead atoms. The summed E-state index contributed by atoms with van der Waals surface area (Å²) in [5.41, 5.74) is 1.65. The molecule has 0 unspecified atom stereocenters. The van der Waals surface area contributed by atoms with E-state index in [-0.39, 0.29) is 17.2 Å². The smallest absolute Gasteiger partial charge is 0.269 e. The lowest BCUT2D eigenvalue weighted by molar-refractivity contribution is 0.271. The Kier molecular flexibility index (Phi) is 5.23. The van der Waals surface area contributed by atoms with Crippen molar-refractivity contribution in [1.82, 2.24) is 4.57 Å². The second-order valence-corrected chi connectivity index (χ2v) is 6.24. The lowest BCUT2D eigenvalue weighted by Gasteiger charge is -2.17. The molecule has 2 aromatic rings. The van der Waals surface area contributed by atoms with Crippen LogP contribution in [0.25, 0.3) is 11.3 Å². The highest BCUT2D eigenvalue weighted by molar-refractivity contribution is 5.61. The summed E-state index contributed by atoms with van der Waals surface area (Å²) in [6.45, 7) is 8.75. The number of hydrogen-bond donors (Lipinski definition) is 0. The number of hydrogen-bond acceptors (Lipinski definition) is 3. The molecule has 0 radical (unpaired) electrons. The number of ether oxygens (including phenoxy) is 1. The first-order chi connectivity index (χ1) is 10.9. The van der Waals surface area contributed by atoms with Crippen molar-refractivity contribution < 1.29 is 4.74 Å². The molecule has 0 aliphatic heterocycles. The van der Waals surface area contributed by atoms with Gasteiger partial charge in [-0.3, -0.25) is 4.79 Å². The average Bonchev–Trinajstić information content (AvgIpc) is 2.52. The molecule has 1 aromatic carbocycles. The molecule has 0 aliphatic rings. The van der Waals surface area contributed by atoms with E-state index in [0.717, 1.165) is 17.0 Å². The second kappa shape index (κ2) is 7.15. The summed E-state index contributed by atoms with van der Waals surface area (Å²) >= 11 is 0. The van der Waals surface area contributed by atoms with E-state index in [1.54, 1.807) is 10.6 Å². The first-order valence-corrected chi connectivity index (χ1v) is 7.83. The van der Waals surface area contributed by atoms with E-state index in [0.29, 0.717) is 12.5 Å². The molecule has 4 heteroatoms. The molecule has 0 atom stereocenters. The largest absolute Gasteiger partial charge is 0.493 e. The number of aromatic nitrogens is 1. The van der Waals surface area contributed by atoms with E-state index >= 15 is 0 Å². The van der Waals surface area contributed by atoms with Crippen LogP contribution in [0.15, 0.2) is 41.2 Å². The lowest BCUT2D eigenvalue weighted by Crippen LogP contribution is -2.25. The topological polar surface area (TPSA) is 55.0 Å². The molecule has 1 heterocycles. The van der Waals surface area contributed by atoms with E-state index < -0.39 is 0 Å². The van der Waals surface area contributed by atoms with Crippen LogP contribution in [-0.2, 0) is 0 Å². The van der Waals surface area contributed by atoms with E-state index in [4.69, 9.17) is 10.00 Å². The monoisotopic (exact) mass is 310 g/mol. The van der Waals surface area contributed by atoms with E-state index in [1.807, 2.05) is 50.2 Å². The summed E-state index contributed by atoms with van der Waals surface area (Å²) in [6.07, 6.45) is 0. The van der Waals surface area contributed by atoms with Crippen molar-refractivity contribution in [3.63, 3.8) is 0 Å². The Hall–Kier alpha value is -2.54. The van der Waals surface area contributed by atoms with Gasteiger partial charge >= 0.3 is 0 Å². The van der Waals surface area contributed by atoms with Gasteiger partial charge in [0.25, 0.3) is 5.56 Å². The van der Waals surface area contributed by atoms with Crippen LogP contribution in [-0.4, -0.2) is 11.2 Å². The van der Waals surface area contributed by atoms with Crippen LogP contribution < -0.4 is 10.3 Å². The second-order valence-electron chi connectivity index (χ2n) is 6.24. The first kappa shape index (κ1) is 16.8. The molecule has 1 aromatic heterocycles. The molecule has 0 fully saturated rings. The highest BCUT2D eigenvalue weighted by Crippen LogP contribution is 2.24. The SMILES string of the molecule is CC(C)COc1ccc(-c2ccc(C#N)c(=O)n2C(C)C)cc1. The van der Waals surface area contributed by atoms with Gasteiger partial charge in [0.1, 0.15) is 17.4 Å². The fraction of sp³-hybridized carbons (Fsp3) is 0.368. The molecular formula is C19H22N2O2. The molecule has 0 N–H and O–H groups in total. The van der Waals surface area contributed by atoms with Gasteiger partial charge in [-0.15, -0.1) is 0 Å². The number of nitrogens with zero attached hydrogens (tertiary/aromatic N) is 2. The van der Waals surface area contributed by atoms with Gasteiger partial charge in [0, 0.05) is 6.04 Å². The van der Waals surface area contributed by atoms with Crippen LogP contribution in [0.4, 0.5) is 0 Å². The number of nitriles is 1. The van der Waals surface area contributed by atoms with Crippen LogP contribution in [0.3, 0.4) is 0 Å². The summed E-state index contributed by atoms with van der Waals surface area (Å²) in [5, 5.41) is 9.05. The van der Waals surface area contributed by atoms with Crippen molar-refractivity contribution in [2.45, 2.75) is 33.7 Å². The molecule has 0 saturated carbocycles. The molecule has 23 heavy (non-hydrogen) atoms. The summed E-state index contributed by atoms with van der Waals surface area (Å²) < 4.78 is 7.34. The Bertz CT molecular complexity index is 765. The van der Waals surface area contributed by atoms with E-state index in [2.05, 4.69) is 13.8 Å². The van der Waals surface area contributed by atoms with Gasteiger partial charge in [-0.1, -0.05) is 13.8 Å². The van der Waals surface area contributed by atoms with Crippen LogP contribution in [0.1, 0.15) is 39.3 Å². The minimum atomic E-state index is -0.250. The molecule has 2 rings (SSSR count). The Labute approximate surface area is 137 Å². The summed E-state index contributed by atoms with van der Waals surface area (Å²) in [5.74, 6) is 1.29. The fourth-order valence-corrected chi connectivity index (χ4v) is 2.37. The van der Waals surface area contributed by atoms with Gasteiger partial charge < -0.3 is 9.30 Å². The zero-order valence-corrected chi connectivity index (χ0v) is 14.0. The van der Waals surface area contributed by atoms with Crippen molar-refractivity contribution in [3.05, 3.63) is 52.3 Å². The zero-order chi connectivity index (χ0) is 17.0. The maximum absolute atomic E-state index is 12.4. The Balaban J connectivity index is 2.41. The minimum absolute atomic E-state index is 0.0253. The van der Waals surface area contributed by atoms with Gasteiger partial charge in [-0.2, -0.15) is 5.26 Å². The summed E-state index contributed by atoms with van der Waals surface area (Å²) in [6, 6.07) is 13.0. The van der Waals surface area contributed by atoms with E-state index in [9.17, 15) is 4.79 Å². The van der Waals surface area contributed by atoms with Gasteiger partial charge in [0.15, 0.2) is 0 Å². The molecule has 0 aliphatic carbocycles. The van der Waals surface area contributed by atoms with E-state index in [1.165, 1.54) is 0 Å². The third-order valence-electron chi connectivity index (χ3n) is 3.49. The van der Waals surface area contributed by atoms with Crippen molar-refractivity contribution in [2.24, 2.45) is 5.92 Å². The molecule has 0 saturated heterocycles. The highest BCUT2D eigenvalue weighted by atomic mass is 16.5. The Morgan fingerprint density at radius 2 is 1.74 bits per heavy atom. The minimum Gasteiger partial charge on any atom is -0.493 e. The average molecular weight is 310 g/mol. The van der Waals surface area contributed by atoms with Crippen molar-refractivity contribution in [1.29, 1.82) is 5.26 Å². The van der Waals surface area contributed by atoms with Crippen LogP contribution in [0.2, 0.25) is 0 Å². The first-order valence-electron chi connectivity index (χ1n) is 7.83. The predicted molar refractivity (Wildman–Crippen MR) is 91.6 cm³/mol. The fourth-order valence-electron chi connectivity index (χ4n) is 2.37. The third-order valence-corrected chi connectivity index (χ3v) is 3.49. The lowest BCUT2D eigenvalue weighted by atomic mass is 10.1. The van der Waals surface area contributed by atoms with Crippen molar-refractivity contribution in [3.8, 4) is 23.1 Å². The van der Waals surface area contributed by atoms with Crippen LogP contribution in [0.5, 0.6) is 5.75 Å². The molecule has 0 amide bonds. The van der Waals surface area contributed by atoms with Gasteiger partial charge in [0.05, 0.1) is 12.3 Å². The maximum Gasteiger partial charge on any atom is 0.269 e. The highest BCUT2D eigenvalue weighted by Gasteiger charge is 2.13. The summed E-state index contributed by atoms with van der Waals surface area (Å²) in [4.78, 5) is 12.4. The molecular weight excluding hydrogens is 288 g/mol. The van der Waals surface area contributed by atoms with Crippen LogP contribution >= 0.6 is 0 Å². The van der Waals surface area contributed by atoms with Crippen molar-refractivity contribution >= 4 is 0 Å². The predicted octanol–water partition coefficient (Wildman–Crippen LogP) is 4.00. The molecule has 0 spiro atoms. The van der Waals surface area contributed by atoms with Gasteiger partial charge in [0.2, 0.25) is 0 Å². The Morgan fingerprint density at radius 1 is 1.09 bits per heavy atom. The maximum atomic E-state index is 12.4. The molecule has 4 nitrogen and oxygen atoms in total. The number of benzene rings is 1. The standard InChI is InChI=1S/C19H22N2O2/c1-13(2)12-23-17-8-5-15(6-9-17)18-10-7-16(11-20)19(22)21(18)14(3)4/h5-10,13-14H,12H2,1-4H3. The quantitative estimate of drug-likeness (QED) is 0.838. The normalized spacial score (nSPS) is 10.8. The van der Waals surface area contributed by atoms with Crippen LogP contribution in [0, 0.1) is 17.2 Å². The Morgan fingerprint density at radius 3 is 2.26 bits per heavy atom. The van der Waals surface area contributed by atoms with Gasteiger partial charge in [-0.05, 0) is 61.7 Å². The summed E-state index contributed by atoms with van der Waals surface area (Å²) in [7, 11) is 0. The molecule has 120 valence electrons. The third kappa shape index (κ3) is 3.81. The number of rotatable bonds is 5. The zero-order valence-electron chi connectivity index (χ0n) is 14.0. The van der Waals surface area contributed by atoms with Crippen molar-refractivity contribution in [2.75, 3.05) is 6.61 Å². The number of pyridine rings is 1.